The van der Waals surface area contributed by atoms with Crippen LogP contribution in [0.5, 0.6) is 0 Å². The highest BCUT2D eigenvalue weighted by Gasteiger charge is 2.20. The Kier molecular flexibility index (Phi) is 4.62. The van der Waals surface area contributed by atoms with Gasteiger partial charge in [0.05, 0.1) is 30.5 Å². The Morgan fingerprint density at radius 3 is 2.60 bits per heavy atom. The van der Waals surface area contributed by atoms with Crippen LogP contribution in [0.1, 0.15) is 38.4 Å². The average Bonchev–Trinajstić information content (AvgIpc) is 2.81. The van der Waals surface area contributed by atoms with Gasteiger partial charge in [0.2, 0.25) is 0 Å². The fourth-order valence-corrected chi connectivity index (χ4v) is 2.61. The molecule has 1 atom stereocenters. The summed E-state index contributed by atoms with van der Waals surface area (Å²) in [5, 5.41) is 18.9. The lowest BCUT2D eigenvalue weighted by molar-refractivity contribution is 0.0811. The van der Waals surface area contributed by atoms with Crippen molar-refractivity contribution in [3.63, 3.8) is 0 Å². The van der Waals surface area contributed by atoms with Gasteiger partial charge >= 0.3 is 0 Å². The van der Waals surface area contributed by atoms with E-state index < -0.39 is 6.10 Å². The molecule has 1 aromatic carbocycles. The van der Waals surface area contributed by atoms with Gasteiger partial charge in [0, 0.05) is 5.92 Å². The molecule has 1 aromatic heterocycles. The molecule has 0 bridgehead atoms. The van der Waals surface area contributed by atoms with E-state index in [0.717, 1.165) is 29.7 Å². The zero-order valence-electron chi connectivity index (χ0n) is 12.1. The van der Waals surface area contributed by atoms with E-state index in [9.17, 15) is 5.11 Å². The number of fused-ring (bicyclic) bond motifs is 1. The quantitative estimate of drug-likeness (QED) is 0.704. The lowest BCUT2D eigenvalue weighted by Crippen LogP contribution is -2.22. The van der Waals surface area contributed by atoms with Gasteiger partial charge in [-0.25, -0.2) is 4.98 Å². The Morgan fingerprint density at radius 1 is 1.30 bits per heavy atom. The number of nitrogens with zero attached hydrogens (tertiary/aromatic N) is 2. The molecule has 20 heavy (non-hydrogen) atoms. The molecule has 0 spiro atoms. The van der Waals surface area contributed by atoms with Crippen molar-refractivity contribution in [3.05, 3.63) is 24.0 Å². The Morgan fingerprint density at radius 2 is 2.00 bits per heavy atom. The summed E-state index contributed by atoms with van der Waals surface area (Å²) in [5.74, 6) is 1.27. The number of para-hydroxylation sites is 1. The van der Waals surface area contributed by atoms with Gasteiger partial charge in [-0.2, -0.15) is 0 Å². The molecular formula is C15H23N3O2. The second-order valence-corrected chi connectivity index (χ2v) is 5.15. The van der Waals surface area contributed by atoms with Crippen molar-refractivity contribution in [1.29, 1.82) is 0 Å². The van der Waals surface area contributed by atoms with Crippen LogP contribution in [0.25, 0.3) is 11.0 Å². The Balaban J connectivity index is 2.59. The van der Waals surface area contributed by atoms with E-state index in [2.05, 4.69) is 18.8 Å². The minimum atomic E-state index is -0.790. The fourth-order valence-electron chi connectivity index (χ4n) is 2.61. The summed E-state index contributed by atoms with van der Waals surface area (Å²) in [5.41, 5.74) is 8.34. The van der Waals surface area contributed by atoms with Crippen LogP contribution < -0.4 is 5.73 Å². The molecule has 5 nitrogen and oxygen atoms in total. The van der Waals surface area contributed by atoms with Gasteiger partial charge in [-0.3, -0.25) is 0 Å². The molecule has 0 saturated carbocycles. The van der Waals surface area contributed by atoms with E-state index in [-0.39, 0.29) is 6.61 Å². The maximum absolute atomic E-state index is 9.78. The average molecular weight is 277 g/mol. The first-order valence-electron chi connectivity index (χ1n) is 7.15. The molecule has 0 aliphatic rings. The highest BCUT2D eigenvalue weighted by atomic mass is 16.3. The van der Waals surface area contributed by atoms with Gasteiger partial charge in [-0.05, 0) is 25.0 Å². The first-order chi connectivity index (χ1) is 9.62. The number of rotatable bonds is 6. The van der Waals surface area contributed by atoms with Crippen molar-refractivity contribution in [2.45, 2.75) is 45.3 Å². The Hall–Kier alpha value is -1.59. The molecule has 0 radical (unpaired) electrons. The molecule has 0 aliphatic carbocycles. The second kappa shape index (κ2) is 6.24. The lowest BCUT2D eigenvalue weighted by Gasteiger charge is -2.17. The van der Waals surface area contributed by atoms with Gasteiger partial charge in [0.1, 0.15) is 11.3 Å². The number of aliphatic hydroxyl groups is 2. The van der Waals surface area contributed by atoms with E-state index >= 15 is 0 Å². The van der Waals surface area contributed by atoms with Gasteiger partial charge < -0.3 is 20.5 Å². The fraction of sp³-hybridized carbons (Fsp3) is 0.533. The summed E-state index contributed by atoms with van der Waals surface area (Å²) in [4.78, 5) is 4.69. The summed E-state index contributed by atoms with van der Waals surface area (Å²) in [6.07, 6.45) is 1.17. The maximum atomic E-state index is 9.78. The third-order valence-electron chi connectivity index (χ3n) is 3.79. The summed E-state index contributed by atoms with van der Waals surface area (Å²) in [6.45, 7) is 4.33. The van der Waals surface area contributed by atoms with Crippen molar-refractivity contribution in [1.82, 2.24) is 9.55 Å². The number of hydrogen-bond acceptors (Lipinski definition) is 4. The highest BCUT2D eigenvalue weighted by Crippen LogP contribution is 2.29. The smallest absolute Gasteiger partial charge is 0.113 e. The number of benzene rings is 1. The molecule has 1 unspecified atom stereocenters. The summed E-state index contributed by atoms with van der Waals surface area (Å²) in [6, 6.07) is 5.67. The molecule has 0 fully saturated rings. The van der Waals surface area contributed by atoms with E-state index in [1.807, 2.05) is 22.8 Å². The molecular weight excluding hydrogens is 254 g/mol. The minimum absolute atomic E-state index is 0.260. The molecule has 5 heteroatoms. The topological polar surface area (TPSA) is 84.3 Å². The zero-order chi connectivity index (χ0) is 14.7. The largest absolute Gasteiger partial charge is 0.397 e. The normalized spacial score (nSPS) is 13.2. The van der Waals surface area contributed by atoms with E-state index in [4.69, 9.17) is 10.8 Å². The third-order valence-corrected chi connectivity index (χ3v) is 3.79. The monoisotopic (exact) mass is 277 g/mol. The van der Waals surface area contributed by atoms with E-state index in [1.165, 1.54) is 0 Å². The van der Waals surface area contributed by atoms with Crippen molar-refractivity contribution < 1.29 is 10.2 Å². The Bertz CT molecular complexity index is 576. The van der Waals surface area contributed by atoms with Crippen LogP contribution in [0.3, 0.4) is 0 Å². The molecule has 2 rings (SSSR count). The number of anilines is 1. The zero-order valence-corrected chi connectivity index (χ0v) is 12.1. The summed E-state index contributed by atoms with van der Waals surface area (Å²) in [7, 11) is 0. The van der Waals surface area contributed by atoms with Gasteiger partial charge in [-0.15, -0.1) is 0 Å². The molecule has 110 valence electrons. The second-order valence-electron chi connectivity index (χ2n) is 5.15. The number of aromatic nitrogens is 2. The molecule has 0 amide bonds. The number of nitrogen functional groups attached to an aromatic ring is 1. The van der Waals surface area contributed by atoms with Gasteiger partial charge in [-0.1, -0.05) is 19.9 Å². The van der Waals surface area contributed by atoms with Gasteiger partial charge in [0.25, 0.3) is 0 Å². The minimum Gasteiger partial charge on any atom is -0.397 e. The SMILES string of the molecule is CCC(CC)c1nc2c(N)cccc2n1CC(O)CO. The highest BCUT2D eigenvalue weighted by molar-refractivity contribution is 5.87. The molecule has 0 aliphatic heterocycles. The van der Waals surface area contributed by atoms with Crippen molar-refractivity contribution in [2.24, 2.45) is 0 Å². The standard InChI is InChI=1S/C15H23N3O2/c1-3-10(4-2)15-17-14-12(16)6-5-7-13(14)18(15)8-11(20)9-19/h5-7,10-11,19-20H,3-4,8-9,16H2,1-2H3. The molecule has 0 saturated heterocycles. The van der Waals surface area contributed by atoms with Crippen molar-refractivity contribution >= 4 is 16.7 Å². The van der Waals surface area contributed by atoms with Crippen LogP contribution in [0, 0.1) is 0 Å². The Labute approximate surface area is 119 Å². The van der Waals surface area contributed by atoms with Crippen LogP contribution >= 0.6 is 0 Å². The number of aliphatic hydroxyl groups excluding tert-OH is 2. The lowest BCUT2D eigenvalue weighted by atomic mass is 10.0. The van der Waals surface area contributed by atoms with Crippen LogP contribution in [0.2, 0.25) is 0 Å². The molecule has 4 N–H and O–H groups in total. The van der Waals surface area contributed by atoms with Crippen LogP contribution in [-0.2, 0) is 6.54 Å². The first-order valence-corrected chi connectivity index (χ1v) is 7.15. The van der Waals surface area contributed by atoms with Crippen molar-refractivity contribution in [3.8, 4) is 0 Å². The molecule has 2 aromatic rings. The first kappa shape index (κ1) is 14.8. The van der Waals surface area contributed by atoms with Crippen molar-refractivity contribution in [2.75, 3.05) is 12.3 Å². The number of hydrogen-bond donors (Lipinski definition) is 3. The maximum Gasteiger partial charge on any atom is 0.113 e. The molecule has 1 heterocycles. The van der Waals surface area contributed by atoms with E-state index in [1.54, 1.807) is 0 Å². The predicted molar refractivity (Wildman–Crippen MR) is 80.6 cm³/mol. The number of nitrogens with two attached hydrogens (primary N) is 1. The summed E-state index contributed by atoms with van der Waals surface area (Å²) < 4.78 is 1.99. The van der Waals surface area contributed by atoms with Crippen LogP contribution in [-0.4, -0.2) is 32.5 Å². The third kappa shape index (κ3) is 2.64. The van der Waals surface area contributed by atoms with Crippen LogP contribution in [0.4, 0.5) is 5.69 Å². The number of imidazole rings is 1. The van der Waals surface area contributed by atoms with E-state index in [0.29, 0.717) is 18.2 Å². The van der Waals surface area contributed by atoms with Crippen LogP contribution in [0.15, 0.2) is 18.2 Å². The van der Waals surface area contributed by atoms with Gasteiger partial charge in [0.15, 0.2) is 0 Å². The predicted octanol–water partition coefficient (Wildman–Crippen LogP) is 1.88. The summed E-state index contributed by atoms with van der Waals surface area (Å²) >= 11 is 0.